The highest BCUT2D eigenvalue weighted by Crippen LogP contribution is 2.32. The van der Waals surface area contributed by atoms with Crippen LogP contribution in [0.15, 0.2) is 53.3 Å². The maximum atomic E-state index is 5.82. The highest BCUT2D eigenvalue weighted by atomic mass is 79.9. The lowest BCUT2D eigenvalue weighted by Gasteiger charge is -2.09. The van der Waals surface area contributed by atoms with Crippen LogP contribution in [0.4, 0.5) is 5.69 Å². The first-order valence-electron chi connectivity index (χ1n) is 5.66. The second-order valence-electron chi connectivity index (χ2n) is 3.99. The summed E-state index contributed by atoms with van der Waals surface area (Å²) in [5.41, 5.74) is 7.25. The van der Waals surface area contributed by atoms with Crippen LogP contribution in [0.25, 0.3) is 10.9 Å². The predicted molar refractivity (Wildman–Crippen MR) is 78.2 cm³/mol. The minimum absolute atomic E-state index is 0.490. The molecular formula is C14H10BrN3O. The molecule has 0 atom stereocenters. The predicted octanol–water partition coefficient (Wildman–Crippen LogP) is 3.77. The van der Waals surface area contributed by atoms with Gasteiger partial charge in [0, 0.05) is 5.69 Å². The summed E-state index contributed by atoms with van der Waals surface area (Å²) >= 11 is 3.44. The molecule has 0 aliphatic rings. The van der Waals surface area contributed by atoms with Gasteiger partial charge in [-0.15, -0.1) is 0 Å². The summed E-state index contributed by atoms with van der Waals surface area (Å²) in [6.45, 7) is 0. The van der Waals surface area contributed by atoms with Crippen molar-refractivity contribution in [3.05, 3.63) is 53.3 Å². The van der Waals surface area contributed by atoms with E-state index < -0.39 is 0 Å². The molecule has 3 rings (SSSR count). The Bertz CT molecular complexity index is 746. The summed E-state index contributed by atoms with van der Waals surface area (Å²) < 4.78 is 6.69. The fraction of sp³-hybridized carbons (Fsp3) is 0. The number of halogens is 1. The van der Waals surface area contributed by atoms with Crippen molar-refractivity contribution in [1.82, 2.24) is 9.97 Å². The van der Waals surface area contributed by atoms with Gasteiger partial charge in [-0.3, -0.25) is 0 Å². The van der Waals surface area contributed by atoms with Crippen molar-refractivity contribution >= 4 is 32.5 Å². The molecule has 4 nitrogen and oxygen atoms in total. The molecular weight excluding hydrogens is 306 g/mol. The number of para-hydroxylation sites is 1. The van der Waals surface area contributed by atoms with E-state index in [1.165, 1.54) is 6.33 Å². The molecule has 19 heavy (non-hydrogen) atoms. The zero-order valence-corrected chi connectivity index (χ0v) is 11.5. The van der Waals surface area contributed by atoms with E-state index in [1.807, 2.05) is 36.4 Å². The Morgan fingerprint density at radius 1 is 1.05 bits per heavy atom. The average Bonchev–Trinajstić information content (AvgIpc) is 2.42. The molecule has 1 heterocycles. The molecule has 0 spiro atoms. The van der Waals surface area contributed by atoms with Crippen molar-refractivity contribution in [2.75, 3.05) is 5.73 Å². The van der Waals surface area contributed by atoms with Crippen molar-refractivity contribution in [1.29, 1.82) is 0 Å². The molecule has 94 valence electrons. The summed E-state index contributed by atoms with van der Waals surface area (Å²) in [7, 11) is 0. The van der Waals surface area contributed by atoms with Crippen LogP contribution in [0.5, 0.6) is 11.6 Å². The van der Waals surface area contributed by atoms with E-state index >= 15 is 0 Å². The molecule has 1 aromatic heterocycles. The molecule has 3 aromatic rings. The van der Waals surface area contributed by atoms with Crippen LogP contribution in [0.2, 0.25) is 0 Å². The molecule has 0 saturated carbocycles. The SMILES string of the molecule is Nc1ccc2ncnc(Oc3ccccc3Br)c2c1. The van der Waals surface area contributed by atoms with Gasteiger partial charge in [0.15, 0.2) is 0 Å². The zero-order chi connectivity index (χ0) is 13.2. The van der Waals surface area contributed by atoms with Crippen LogP contribution in [0.3, 0.4) is 0 Å². The fourth-order valence-electron chi connectivity index (χ4n) is 1.76. The molecule has 2 N–H and O–H groups in total. The normalized spacial score (nSPS) is 10.6. The lowest BCUT2D eigenvalue weighted by molar-refractivity contribution is 0.465. The van der Waals surface area contributed by atoms with E-state index in [-0.39, 0.29) is 0 Å². The number of hydrogen-bond acceptors (Lipinski definition) is 4. The highest BCUT2D eigenvalue weighted by Gasteiger charge is 2.08. The quantitative estimate of drug-likeness (QED) is 0.731. The molecule has 0 bridgehead atoms. The third kappa shape index (κ3) is 2.37. The second-order valence-corrected chi connectivity index (χ2v) is 4.84. The molecule has 0 amide bonds. The number of nitrogens with zero attached hydrogens (tertiary/aromatic N) is 2. The monoisotopic (exact) mass is 315 g/mol. The molecule has 0 aliphatic carbocycles. The van der Waals surface area contributed by atoms with Gasteiger partial charge in [0.05, 0.1) is 15.4 Å². The second kappa shape index (κ2) is 4.85. The number of anilines is 1. The summed E-state index contributed by atoms with van der Waals surface area (Å²) in [4.78, 5) is 8.36. The van der Waals surface area contributed by atoms with Gasteiger partial charge in [-0.05, 0) is 46.3 Å². The summed E-state index contributed by atoms with van der Waals surface area (Å²) in [5, 5.41) is 0.790. The largest absolute Gasteiger partial charge is 0.437 e. The molecule has 0 aliphatic heterocycles. The molecule has 0 saturated heterocycles. The Morgan fingerprint density at radius 2 is 1.89 bits per heavy atom. The van der Waals surface area contributed by atoms with E-state index in [4.69, 9.17) is 10.5 Å². The summed E-state index contributed by atoms with van der Waals surface area (Å²) in [6.07, 6.45) is 1.48. The van der Waals surface area contributed by atoms with Crippen LogP contribution in [-0.4, -0.2) is 9.97 Å². The van der Waals surface area contributed by atoms with Crippen LogP contribution in [0, 0.1) is 0 Å². The van der Waals surface area contributed by atoms with Gasteiger partial charge >= 0.3 is 0 Å². The van der Waals surface area contributed by atoms with Crippen molar-refractivity contribution < 1.29 is 4.74 Å². The van der Waals surface area contributed by atoms with E-state index in [0.29, 0.717) is 17.3 Å². The van der Waals surface area contributed by atoms with Crippen molar-refractivity contribution in [3.8, 4) is 11.6 Å². The molecule has 0 unspecified atom stereocenters. The fourth-order valence-corrected chi connectivity index (χ4v) is 2.13. The van der Waals surface area contributed by atoms with Gasteiger partial charge < -0.3 is 10.5 Å². The Labute approximate surface area is 118 Å². The number of ether oxygens (including phenoxy) is 1. The summed E-state index contributed by atoms with van der Waals surface area (Å²) in [6, 6.07) is 13.1. The average molecular weight is 316 g/mol. The van der Waals surface area contributed by atoms with E-state index in [1.54, 1.807) is 6.07 Å². The Balaban J connectivity index is 2.10. The smallest absolute Gasteiger partial charge is 0.230 e. The van der Waals surface area contributed by atoms with Crippen molar-refractivity contribution in [2.24, 2.45) is 0 Å². The highest BCUT2D eigenvalue weighted by molar-refractivity contribution is 9.10. The molecule has 5 heteroatoms. The number of nitrogens with two attached hydrogens (primary N) is 1. The molecule has 2 aromatic carbocycles. The van der Waals surface area contributed by atoms with Gasteiger partial charge in [-0.1, -0.05) is 12.1 Å². The maximum Gasteiger partial charge on any atom is 0.230 e. The zero-order valence-electron chi connectivity index (χ0n) is 9.88. The van der Waals surface area contributed by atoms with E-state index in [0.717, 1.165) is 15.4 Å². The van der Waals surface area contributed by atoms with Gasteiger partial charge in [-0.25, -0.2) is 9.97 Å². The topological polar surface area (TPSA) is 61.0 Å². The van der Waals surface area contributed by atoms with Crippen LogP contribution in [0.1, 0.15) is 0 Å². The Hall–Kier alpha value is -2.14. The number of nitrogen functional groups attached to an aromatic ring is 1. The number of rotatable bonds is 2. The van der Waals surface area contributed by atoms with E-state index in [9.17, 15) is 0 Å². The molecule has 0 fully saturated rings. The first kappa shape index (κ1) is 11.9. The lowest BCUT2D eigenvalue weighted by Crippen LogP contribution is -1.93. The maximum absolute atomic E-state index is 5.82. The first-order valence-corrected chi connectivity index (χ1v) is 6.46. The van der Waals surface area contributed by atoms with Crippen LogP contribution >= 0.6 is 15.9 Å². The standard InChI is InChI=1S/C14H10BrN3O/c15-11-3-1-2-4-13(11)19-14-10-7-9(16)5-6-12(10)17-8-18-14/h1-8H,16H2. The van der Waals surface area contributed by atoms with Crippen molar-refractivity contribution in [3.63, 3.8) is 0 Å². The third-order valence-corrected chi connectivity index (χ3v) is 3.32. The Morgan fingerprint density at radius 3 is 2.74 bits per heavy atom. The van der Waals surface area contributed by atoms with Gasteiger partial charge in [0.1, 0.15) is 12.1 Å². The van der Waals surface area contributed by atoms with Crippen molar-refractivity contribution in [2.45, 2.75) is 0 Å². The minimum atomic E-state index is 0.490. The van der Waals surface area contributed by atoms with Crippen LogP contribution in [-0.2, 0) is 0 Å². The summed E-state index contributed by atoms with van der Waals surface area (Å²) in [5.74, 6) is 1.19. The minimum Gasteiger partial charge on any atom is -0.437 e. The number of hydrogen-bond donors (Lipinski definition) is 1. The third-order valence-electron chi connectivity index (χ3n) is 2.67. The van der Waals surface area contributed by atoms with Gasteiger partial charge in [0.2, 0.25) is 5.88 Å². The van der Waals surface area contributed by atoms with Gasteiger partial charge in [0.25, 0.3) is 0 Å². The number of aromatic nitrogens is 2. The first-order chi connectivity index (χ1) is 9.24. The van der Waals surface area contributed by atoms with Gasteiger partial charge in [-0.2, -0.15) is 0 Å². The Kier molecular flexibility index (Phi) is 3.05. The number of benzene rings is 2. The molecule has 0 radical (unpaired) electrons. The number of fused-ring (bicyclic) bond motifs is 1. The lowest BCUT2D eigenvalue weighted by atomic mass is 10.2. The van der Waals surface area contributed by atoms with Crippen LogP contribution < -0.4 is 10.5 Å². The van der Waals surface area contributed by atoms with E-state index in [2.05, 4.69) is 25.9 Å².